The predicted molar refractivity (Wildman–Crippen MR) is 46.8 cm³/mol. The average molecular weight is 169 g/mol. The zero-order valence-corrected chi connectivity index (χ0v) is 7.38. The highest BCUT2D eigenvalue weighted by molar-refractivity contribution is 5.87. The van der Waals surface area contributed by atoms with E-state index in [1.165, 1.54) is 6.08 Å². The number of hydrogen-bond acceptors (Lipinski definition) is 2. The van der Waals surface area contributed by atoms with Crippen LogP contribution in [0.2, 0.25) is 0 Å². The van der Waals surface area contributed by atoms with Gasteiger partial charge in [-0.05, 0) is 25.8 Å². The Morgan fingerprint density at radius 3 is 3.08 bits per heavy atom. The molecule has 1 heterocycles. The van der Waals surface area contributed by atoms with Crippen LogP contribution >= 0.6 is 0 Å². The van der Waals surface area contributed by atoms with E-state index in [9.17, 15) is 4.79 Å². The number of nitrogens with one attached hydrogen (secondary N) is 1. The smallest absolute Gasteiger partial charge is 0.243 e. The highest BCUT2D eigenvalue weighted by Gasteiger charge is 2.19. The molecule has 68 valence electrons. The minimum absolute atomic E-state index is 0.0888. The zero-order chi connectivity index (χ0) is 8.97. The van der Waals surface area contributed by atoms with Crippen molar-refractivity contribution in [3.05, 3.63) is 12.7 Å². The maximum absolute atomic E-state index is 10.9. The molecule has 0 radical (unpaired) electrons. The van der Waals surface area contributed by atoms with Crippen molar-refractivity contribution < 1.29 is 9.53 Å². The van der Waals surface area contributed by atoms with Crippen LogP contribution in [-0.4, -0.2) is 24.7 Å². The first-order valence-electron chi connectivity index (χ1n) is 4.27. The molecule has 3 nitrogen and oxygen atoms in total. The summed E-state index contributed by atoms with van der Waals surface area (Å²) in [4.78, 5) is 10.9. The molecule has 12 heavy (non-hydrogen) atoms. The SMILES string of the molecule is C=CC(=O)NC1CCOC(C)C1. The van der Waals surface area contributed by atoms with E-state index in [1.807, 2.05) is 6.92 Å². The molecule has 1 aliphatic rings. The Balaban J connectivity index is 2.31. The van der Waals surface area contributed by atoms with Gasteiger partial charge in [-0.3, -0.25) is 4.79 Å². The van der Waals surface area contributed by atoms with E-state index in [2.05, 4.69) is 11.9 Å². The Labute approximate surface area is 72.8 Å². The molecule has 1 aliphatic heterocycles. The number of rotatable bonds is 2. The number of amides is 1. The van der Waals surface area contributed by atoms with Crippen LogP contribution < -0.4 is 5.32 Å². The third-order valence-corrected chi connectivity index (χ3v) is 2.02. The second-order valence-corrected chi connectivity index (χ2v) is 3.12. The van der Waals surface area contributed by atoms with Crippen molar-refractivity contribution in [1.29, 1.82) is 0 Å². The predicted octanol–water partition coefficient (Wildman–Crippen LogP) is 0.856. The first-order valence-corrected chi connectivity index (χ1v) is 4.27. The summed E-state index contributed by atoms with van der Waals surface area (Å²) in [5.74, 6) is -0.0888. The van der Waals surface area contributed by atoms with E-state index in [4.69, 9.17) is 4.74 Å². The Bertz CT molecular complexity index is 179. The fourth-order valence-electron chi connectivity index (χ4n) is 1.39. The maximum Gasteiger partial charge on any atom is 0.243 e. The second-order valence-electron chi connectivity index (χ2n) is 3.12. The van der Waals surface area contributed by atoms with Crippen LogP contribution in [0.25, 0.3) is 0 Å². The van der Waals surface area contributed by atoms with Crippen molar-refractivity contribution in [3.63, 3.8) is 0 Å². The summed E-state index contributed by atoms with van der Waals surface area (Å²) < 4.78 is 5.35. The quantitative estimate of drug-likeness (QED) is 0.622. The van der Waals surface area contributed by atoms with E-state index < -0.39 is 0 Å². The van der Waals surface area contributed by atoms with Gasteiger partial charge in [0.15, 0.2) is 0 Å². The van der Waals surface area contributed by atoms with E-state index in [0.717, 1.165) is 19.4 Å². The van der Waals surface area contributed by atoms with Crippen LogP contribution in [0, 0.1) is 0 Å². The molecule has 1 amide bonds. The number of ether oxygens (including phenoxy) is 1. The molecular weight excluding hydrogens is 154 g/mol. The lowest BCUT2D eigenvalue weighted by molar-refractivity contribution is -0.118. The fraction of sp³-hybridized carbons (Fsp3) is 0.667. The molecule has 0 spiro atoms. The topological polar surface area (TPSA) is 38.3 Å². The molecule has 0 aromatic rings. The minimum Gasteiger partial charge on any atom is -0.378 e. The van der Waals surface area contributed by atoms with E-state index >= 15 is 0 Å². The maximum atomic E-state index is 10.9. The second kappa shape index (κ2) is 4.26. The Morgan fingerprint density at radius 2 is 2.50 bits per heavy atom. The van der Waals surface area contributed by atoms with Gasteiger partial charge in [0, 0.05) is 12.6 Å². The molecule has 1 rings (SSSR count). The Hall–Kier alpha value is -0.830. The van der Waals surface area contributed by atoms with Crippen LogP contribution in [0.5, 0.6) is 0 Å². The third kappa shape index (κ3) is 2.66. The van der Waals surface area contributed by atoms with Gasteiger partial charge in [0.2, 0.25) is 5.91 Å². The van der Waals surface area contributed by atoms with Crippen molar-refractivity contribution in [2.24, 2.45) is 0 Å². The van der Waals surface area contributed by atoms with Gasteiger partial charge in [-0.25, -0.2) is 0 Å². The van der Waals surface area contributed by atoms with Crippen molar-refractivity contribution in [2.75, 3.05) is 6.61 Å². The van der Waals surface area contributed by atoms with Gasteiger partial charge < -0.3 is 10.1 Å². The molecule has 3 heteroatoms. The molecule has 0 saturated carbocycles. The molecule has 1 N–H and O–H groups in total. The molecule has 1 saturated heterocycles. The molecule has 2 atom stereocenters. The largest absolute Gasteiger partial charge is 0.378 e. The summed E-state index contributed by atoms with van der Waals surface area (Å²) in [5, 5.41) is 2.86. The van der Waals surface area contributed by atoms with Crippen molar-refractivity contribution in [1.82, 2.24) is 5.32 Å². The molecule has 0 aliphatic carbocycles. The first-order chi connectivity index (χ1) is 5.72. The zero-order valence-electron chi connectivity index (χ0n) is 7.38. The van der Waals surface area contributed by atoms with Crippen molar-refractivity contribution in [2.45, 2.75) is 31.9 Å². The Kier molecular flexibility index (Phi) is 3.29. The van der Waals surface area contributed by atoms with Crippen LogP contribution in [0.15, 0.2) is 12.7 Å². The van der Waals surface area contributed by atoms with E-state index in [-0.39, 0.29) is 18.1 Å². The third-order valence-electron chi connectivity index (χ3n) is 2.02. The highest BCUT2D eigenvalue weighted by atomic mass is 16.5. The number of carbonyl (C=O) groups is 1. The Morgan fingerprint density at radius 1 is 1.75 bits per heavy atom. The lowest BCUT2D eigenvalue weighted by Crippen LogP contribution is -2.40. The van der Waals surface area contributed by atoms with Crippen LogP contribution in [0.1, 0.15) is 19.8 Å². The van der Waals surface area contributed by atoms with Crippen LogP contribution in [0.3, 0.4) is 0 Å². The molecule has 0 aromatic heterocycles. The van der Waals surface area contributed by atoms with Gasteiger partial charge in [-0.1, -0.05) is 6.58 Å². The summed E-state index contributed by atoms with van der Waals surface area (Å²) in [5.41, 5.74) is 0. The van der Waals surface area contributed by atoms with E-state index in [1.54, 1.807) is 0 Å². The average Bonchev–Trinajstić information content (AvgIpc) is 2.04. The summed E-state index contributed by atoms with van der Waals surface area (Å²) in [7, 11) is 0. The lowest BCUT2D eigenvalue weighted by Gasteiger charge is -2.27. The van der Waals surface area contributed by atoms with Gasteiger partial charge in [0.05, 0.1) is 6.10 Å². The normalized spacial score (nSPS) is 29.4. The van der Waals surface area contributed by atoms with Gasteiger partial charge in [0.25, 0.3) is 0 Å². The molecule has 0 aromatic carbocycles. The van der Waals surface area contributed by atoms with Crippen molar-refractivity contribution >= 4 is 5.91 Å². The number of hydrogen-bond donors (Lipinski definition) is 1. The summed E-state index contributed by atoms with van der Waals surface area (Å²) >= 11 is 0. The van der Waals surface area contributed by atoms with Gasteiger partial charge in [-0.15, -0.1) is 0 Å². The molecular formula is C9H15NO2. The summed E-state index contributed by atoms with van der Waals surface area (Å²) in [6.45, 7) is 6.16. The fourth-order valence-corrected chi connectivity index (χ4v) is 1.39. The van der Waals surface area contributed by atoms with Gasteiger partial charge in [0.1, 0.15) is 0 Å². The lowest BCUT2D eigenvalue weighted by atomic mass is 10.0. The standard InChI is InChI=1S/C9H15NO2/c1-3-9(11)10-8-4-5-12-7(2)6-8/h3,7-8H,1,4-6H2,2H3,(H,10,11). The minimum atomic E-state index is -0.0888. The van der Waals surface area contributed by atoms with E-state index in [0.29, 0.717) is 0 Å². The van der Waals surface area contributed by atoms with Gasteiger partial charge in [-0.2, -0.15) is 0 Å². The monoisotopic (exact) mass is 169 g/mol. The number of carbonyl (C=O) groups excluding carboxylic acids is 1. The molecule has 2 unspecified atom stereocenters. The van der Waals surface area contributed by atoms with Gasteiger partial charge >= 0.3 is 0 Å². The van der Waals surface area contributed by atoms with Crippen LogP contribution in [-0.2, 0) is 9.53 Å². The first kappa shape index (κ1) is 9.26. The summed E-state index contributed by atoms with van der Waals surface area (Å²) in [6, 6.07) is 0.263. The molecule has 0 bridgehead atoms. The van der Waals surface area contributed by atoms with Crippen LogP contribution in [0.4, 0.5) is 0 Å². The molecule has 1 fully saturated rings. The highest BCUT2D eigenvalue weighted by Crippen LogP contribution is 2.12. The summed E-state index contributed by atoms with van der Waals surface area (Å²) in [6.07, 6.45) is 3.37. The van der Waals surface area contributed by atoms with Crippen molar-refractivity contribution in [3.8, 4) is 0 Å².